The molecule has 1 atom stereocenters. The van der Waals surface area contributed by atoms with Crippen molar-refractivity contribution in [3.8, 4) is 11.3 Å². The number of fused-ring (bicyclic) bond motifs is 3. The van der Waals surface area contributed by atoms with E-state index in [1.165, 1.54) is 6.39 Å². The molecule has 0 bridgehead atoms. The Hall–Kier alpha value is -2.41. The van der Waals surface area contributed by atoms with E-state index in [1.807, 2.05) is 13.1 Å². The van der Waals surface area contributed by atoms with Gasteiger partial charge in [-0.15, -0.1) is 0 Å². The molecule has 1 amide bonds. The molecular weight excluding hydrogens is 306 g/mol. The third-order valence-electron chi connectivity index (χ3n) is 4.96. The zero-order chi connectivity index (χ0) is 16.8. The van der Waals surface area contributed by atoms with Crippen LogP contribution in [0.4, 0.5) is 11.5 Å². The number of hydrogen-bond donors (Lipinski definition) is 0. The van der Waals surface area contributed by atoms with Crippen LogP contribution in [-0.2, 0) is 4.79 Å². The number of nitrogens with zero attached hydrogens (tertiary/aromatic N) is 5. The number of amides is 1. The molecule has 2 aliphatic heterocycles. The predicted octanol–water partition coefficient (Wildman–Crippen LogP) is 1.61. The molecule has 1 fully saturated rings. The van der Waals surface area contributed by atoms with Gasteiger partial charge in [-0.2, -0.15) is 0 Å². The number of pyridine rings is 1. The van der Waals surface area contributed by atoms with Gasteiger partial charge in [-0.3, -0.25) is 9.69 Å². The summed E-state index contributed by atoms with van der Waals surface area (Å²) < 4.78 is 5.34. The summed E-state index contributed by atoms with van der Waals surface area (Å²) in [5, 5.41) is 0. The molecule has 4 rings (SSSR count). The van der Waals surface area contributed by atoms with Crippen molar-refractivity contribution in [2.45, 2.75) is 25.9 Å². The van der Waals surface area contributed by atoms with Crippen LogP contribution in [0.3, 0.4) is 0 Å². The second-order valence-corrected chi connectivity index (χ2v) is 6.63. The summed E-state index contributed by atoms with van der Waals surface area (Å²) >= 11 is 0. The number of carbonyl (C=O) groups excluding carboxylic acids is 1. The highest BCUT2D eigenvalue weighted by Crippen LogP contribution is 2.37. The van der Waals surface area contributed by atoms with Gasteiger partial charge in [0.25, 0.3) is 5.91 Å². The number of hydrogen-bond acceptors (Lipinski definition) is 6. The Balaban J connectivity index is 1.72. The zero-order valence-electron chi connectivity index (χ0n) is 14.1. The Labute approximate surface area is 140 Å². The predicted molar refractivity (Wildman–Crippen MR) is 91.0 cm³/mol. The van der Waals surface area contributed by atoms with Gasteiger partial charge in [-0.1, -0.05) is 0 Å². The van der Waals surface area contributed by atoms with Crippen LogP contribution in [0.1, 0.15) is 13.8 Å². The van der Waals surface area contributed by atoms with E-state index >= 15 is 0 Å². The van der Waals surface area contributed by atoms with Crippen LogP contribution in [0, 0.1) is 0 Å². The summed E-state index contributed by atoms with van der Waals surface area (Å²) in [5.41, 5.74) is 1.65. The molecule has 2 aliphatic rings. The van der Waals surface area contributed by atoms with Crippen LogP contribution in [-0.4, -0.2) is 59.5 Å². The molecular formula is C17H21N5O2. The van der Waals surface area contributed by atoms with E-state index in [9.17, 15) is 4.79 Å². The fraction of sp³-hybridized carbons (Fsp3) is 0.471. The van der Waals surface area contributed by atoms with Crippen molar-refractivity contribution in [1.82, 2.24) is 14.9 Å². The smallest absolute Gasteiger partial charge is 0.250 e. The maximum absolute atomic E-state index is 12.9. The molecule has 0 aromatic carbocycles. The second-order valence-electron chi connectivity index (χ2n) is 6.63. The van der Waals surface area contributed by atoms with Crippen molar-refractivity contribution < 1.29 is 9.21 Å². The average Bonchev–Trinajstić information content (AvgIpc) is 3.13. The Bertz CT molecular complexity index is 758. The molecule has 7 heteroatoms. The lowest BCUT2D eigenvalue weighted by Gasteiger charge is -2.47. The van der Waals surface area contributed by atoms with Crippen molar-refractivity contribution in [3.05, 3.63) is 24.9 Å². The van der Waals surface area contributed by atoms with Gasteiger partial charge >= 0.3 is 0 Å². The fourth-order valence-corrected chi connectivity index (χ4v) is 3.49. The van der Waals surface area contributed by atoms with Gasteiger partial charge in [0.05, 0.1) is 11.9 Å². The van der Waals surface area contributed by atoms with Gasteiger partial charge in [0, 0.05) is 44.5 Å². The lowest BCUT2D eigenvalue weighted by Crippen LogP contribution is -2.63. The van der Waals surface area contributed by atoms with E-state index in [1.54, 1.807) is 17.3 Å². The van der Waals surface area contributed by atoms with E-state index < -0.39 is 0 Å². The molecule has 0 spiro atoms. The molecule has 0 unspecified atom stereocenters. The summed E-state index contributed by atoms with van der Waals surface area (Å²) in [6, 6.07) is 2.22. The highest BCUT2D eigenvalue weighted by atomic mass is 16.3. The number of aromatic nitrogens is 2. The molecule has 24 heavy (non-hydrogen) atoms. The lowest BCUT2D eigenvalue weighted by molar-refractivity contribution is -0.121. The third-order valence-corrected chi connectivity index (χ3v) is 4.96. The van der Waals surface area contributed by atoms with E-state index in [4.69, 9.17) is 4.42 Å². The number of rotatable bonds is 2. The molecule has 2 aromatic rings. The van der Waals surface area contributed by atoms with Crippen molar-refractivity contribution in [1.29, 1.82) is 0 Å². The average molecular weight is 327 g/mol. The van der Waals surface area contributed by atoms with Gasteiger partial charge in [0.15, 0.2) is 18.0 Å². The summed E-state index contributed by atoms with van der Waals surface area (Å²) in [6.07, 6.45) is 4.83. The summed E-state index contributed by atoms with van der Waals surface area (Å²) in [7, 11) is 1.82. The van der Waals surface area contributed by atoms with E-state index in [0.717, 1.165) is 36.7 Å². The highest BCUT2D eigenvalue weighted by molar-refractivity contribution is 6.05. The van der Waals surface area contributed by atoms with Crippen LogP contribution in [0.5, 0.6) is 0 Å². The second kappa shape index (κ2) is 5.59. The number of carbonyl (C=O) groups is 1. The molecule has 0 N–H and O–H groups in total. The first-order valence-corrected chi connectivity index (χ1v) is 8.23. The lowest BCUT2D eigenvalue weighted by atomic mass is 10.0. The summed E-state index contributed by atoms with van der Waals surface area (Å²) in [5.74, 6) is 1.64. The largest absolute Gasteiger partial charge is 0.443 e. The monoisotopic (exact) mass is 327 g/mol. The maximum atomic E-state index is 12.9. The Morgan fingerprint density at radius 2 is 2.12 bits per heavy atom. The van der Waals surface area contributed by atoms with E-state index in [-0.39, 0.29) is 11.9 Å². The Morgan fingerprint density at radius 3 is 2.83 bits per heavy atom. The van der Waals surface area contributed by atoms with Crippen LogP contribution < -0.4 is 9.80 Å². The molecule has 126 valence electrons. The fourth-order valence-electron chi connectivity index (χ4n) is 3.49. The first kappa shape index (κ1) is 15.1. The van der Waals surface area contributed by atoms with Gasteiger partial charge in [-0.05, 0) is 19.9 Å². The first-order valence-electron chi connectivity index (χ1n) is 8.23. The minimum Gasteiger partial charge on any atom is -0.443 e. The quantitative estimate of drug-likeness (QED) is 0.835. The molecule has 4 heterocycles. The zero-order valence-corrected chi connectivity index (χ0v) is 14.1. The first-order chi connectivity index (χ1) is 11.6. The molecule has 1 saturated heterocycles. The third kappa shape index (κ3) is 2.27. The van der Waals surface area contributed by atoms with Crippen LogP contribution in [0.15, 0.2) is 29.3 Å². The number of anilines is 2. The number of likely N-dealkylation sites (N-methyl/N-ethyl adjacent to an activating group) is 1. The van der Waals surface area contributed by atoms with Gasteiger partial charge in [0.2, 0.25) is 0 Å². The van der Waals surface area contributed by atoms with E-state index in [2.05, 4.69) is 33.6 Å². The molecule has 0 aliphatic carbocycles. The number of oxazole rings is 1. The Kier molecular flexibility index (Phi) is 3.53. The molecule has 0 radical (unpaired) electrons. The topological polar surface area (TPSA) is 65.7 Å². The van der Waals surface area contributed by atoms with Crippen molar-refractivity contribution in [2.24, 2.45) is 0 Å². The molecule has 0 saturated carbocycles. The summed E-state index contributed by atoms with van der Waals surface area (Å²) in [4.78, 5) is 27.7. The molecule has 7 nitrogen and oxygen atoms in total. The Morgan fingerprint density at radius 1 is 1.29 bits per heavy atom. The van der Waals surface area contributed by atoms with Crippen molar-refractivity contribution in [2.75, 3.05) is 36.5 Å². The number of piperazine rings is 1. The summed E-state index contributed by atoms with van der Waals surface area (Å²) in [6.45, 7) is 6.83. The molecule has 2 aromatic heterocycles. The highest BCUT2D eigenvalue weighted by Gasteiger charge is 2.41. The van der Waals surface area contributed by atoms with Crippen molar-refractivity contribution in [3.63, 3.8) is 0 Å². The SMILES string of the molecule is CC(C)N1CCN2c3ncc(-c4cnco4)cc3N(C)C(=O)[C@@H]2C1. The van der Waals surface area contributed by atoms with E-state index in [0.29, 0.717) is 11.8 Å². The normalized spacial score (nSPS) is 21.2. The van der Waals surface area contributed by atoms with Crippen molar-refractivity contribution >= 4 is 17.4 Å². The maximum Gasteiger partial charge on any atom is 0.250 e. The minimum atomic E-state index is -0.165. The van der Waals surface area contributed by atoms with Crippen LogP contribution >= 0.6 is 0 Å². The van der Waals surface area contributed by atoms with Crippen LogP contribution in [0.2, 0.25) is 0 Å². The van der Waals surface area contributed by atoms with Gasteiger partial charge in [-0.25, -0.2) is 9.97 Å². The van der Waals surface area contributed by atoms with Gasteiger partial charge in [0.1, 0.15) is 6.04 Å². The standard InChI is InChI=1S/C17H21N5O2/c1-11(2)21-4-5-22-14(9-21)17(23)20(3)13-6-12(7-19-16(13)22)15-8-18-10-24-15/h6-8,10-11,14H,4-5,9H2,1-3H3/t14-/m0/s1. The van der Waals surface area contributed by atoms with Gasteiger partial charge < -0.3 is 14.2 Å². The van der Waals surface area contributed by atoms with Crippen LogP contribution in [0.25, 0.3) is 11.3 Å². The minimum absolute atomic E-state index is 0.115.